The van der Waals surface area contributed by atoms with Crippen LogP contribution < -0.4 is 0 Å². The lowest BCUT2D eigenvalue weighted by molar-refractivity contribution is 0.0583. The molecule has 0 saturated carbocycles. The number of likely N-dealkylation sites (tertiary alicyclic amines) is 1. The lowest BCUT2D eigenvalue weighted by Crippen LogP contribution is -2.43. The lowest BCUT2D eigenvalue weighted by Gasteiger charge is -2.38. The Morgan fingerprint density at radius 2 is 2.05 bits per heavy atom. The molecule has 1 aromatic carbocycles. The molecule has 0 spiro atoms. The number of carbonyl (C=O) groups excluding carboxylic acids is 1. The number of piperidine rings is 1. The van der Waals surface area contributed by atoms with E-state index in [1.165, 1.54) is 6.42 Å². The quantitative estimate of drug-likeness (QED) is 0.849. The second kappa shape index (κ2) is 6.78. The van der Waals surface area contributed by atoms with E-state index in [1.54, 1.807) is 0 Å². The highest BCUT2D eigenvalue weighted by atomic mass is 16.2. The summed E-state index contributed by atoms with van der Waals surface area (Å²) in [7, 11) is 0. The highest BCUT2D eigenvalue weighted by Crippen LogP contribution is 2.29. The van der Waals surface area contributed by atoms with Gasteiger partial charge in [-0.1, -0.05) is 25.7 Å². The van der Waals surface area contributed by atoms with Crippen molar-refractivity contribution in [2.45, 2.75) is 33.1 Å². The Morgan fingerprint density at radius 3 is 2.67 bits per heavy atom. The van der Waals surface area contributed by atoms with Crippen LogP contribution in [-0.4, -0.2) is 35.6 Å². The second-order valence-electron chi connectivity index (χ2n) is 6.35. The van der Waals surface area contributed by atoms with Crippen LogP contribution in [-0.2, 0) is 0 Å². The summed E-state index contributed by atoms with van der Waals surface area (Å²) >= 11 is 0. The van der Waals surface area contributed by atoms with Gasteiger partial charge in [-0.15, -0.1) is 0 Å². The van der Waals surface area contributed by atoms with Crippen LogP contribution >= 0.6 is 0 Å². The fourth-order valence-electron chi connectivity index (χ4n) is 2.70. The first-order valence-electron chi connectivity index (χ1n) is 7.51. The minimum atomic E-state index is 0.0777. The Hall–Kier alpha value is -1.79. The first-order valence-corrected chi connectivity index (χ1v) is 7.51. The number of nitrogens with zero attached hydrogens (tertiary/aromatic N) is 1. The summed E-state index contributed by atoms with van der Waals surface area (Å²) in [5, 5.41) is 8.70. The van der Waals surface area contributed by atoms with Gasteiger partial charge in [0.25, 0.3) is 5.91 Å². The van der Waals surface area contributed by atoms with Crippen molar-refractivity contribution in [3.63, 3.8) is 0 Å². The van der Waals surface area contributed by atoms with Crippen molar-refractivity contribution in [3.05, 3.63) is 35.4 Å². The Balaban J connectivity index is 2.05. The van der Waals surface area contributed by atoms with Gasteiger partial charge in [0, 0.05) is 30.6 Å². The topological polar surface area (TPSA) is 40.5 Å². The molecule has 1 aliphatic heterocycles. The zero-order valence-electron chi connectivity index (χ0n) is 12.9. The molecule has 0 atom stereocenters. The molecule has 0 aliphatic carbocycles. The third kappa shape index (κ3) is 4.34. The van der Waals surface area contributed by atoms with Gasteiger partial charge in [0.2, 0.25) is 0 Å². The average molecular weight is 285 g/mol. The maximum Gasteiger partial charge on any atom is 0.253 e. The van der Waals surface area contributed by atoms with Crippen LogP contribution in [0.5, 0.6) is 0 Å². The second-order valence-corrected chi connectivity index (χ2v) is 6.35. The fraction of sp³-hybridized carbons (Fsp3) is 0.500. The molecule has 3 nitrogen and oxygen atoms in total. The summed E-state index contributed by atoms with van der Waals surface area (Å²) in [4.78, 5) is 14.5. The average Bonchev–Trinajstić information content (AvgIpc) is 2.46. The number of rotatable bonds is 2. The molecule has 1 aromatic rings. The molecule has 3 heteroatoms. The van der Waals surface area contributed by atoms with Gasteiger partial charge in [-0.3, -0.25) is 4.79 Å². The van der Waals surface area contributed by atoms with E-state index >= 15 is 0 Å². The van der Waals surface area contributed by atoms with Crippen molar-refractivity contribution in [3.8, 4) is 11.8 Å². The molecule has 0 radical (unpaired) electrons. The number of carbonyl (C=O) groups is 1. The highest BCUT2D eigenvalue weighted by Gasteiger charge is 2.29. The van der Waals surface area contributed by atoms with Crippen molar-refractivity contribution in [2.75, 3.05) is 19.7 Å². The van der Waals surface area contributed by atoms with Gasteiger partial charge in [0.05, 0.1) is 6.61 Å². The van der Waals surface area contributed by atoms with Crippen LogP contribution in [0, 0.1) is 17.3 Å². The van der Waals surface area contributed by atoms with Crippen molar-refractivity contribution < 1.29 is 9.90 Å². The fourth-order valence-corrected chi connectivity index (χ4v) is 2.70. The van der Waals surface area contributed by atoms with Crippen LogP contribution in [0.15, 0.2) is 24.3 Å². The zero-order valence-corrected chi connectivity index (χ0v) is 12.9. The molecule has 2 rings (SSSR count). The van der Waals surface area contributed by atoms with Gasteiger partial charge < -0.3 is 10.0 Å². The number of benzene rings is 1. The van der Waals surface area contributed by atoms with Gasteiger partial charge in [0.1, 0.15) is 0 Å². The zero-order chi connectivity index (χ0) is 15.3. The van der Waals surface area contributed by atoms with Crippen LogP contribution in [0.1, 0.15) is 49.0 Å². The van der Waals surface area contributed by atoms with Gasteiger partial charge >= 0.3 is 0 Å². The molecule has 1 fully saturated rings. The van der Waals surface area contributed by atoms with E-state index in [4.69, 9.17) is 5.11 Å². The summed E-state index contributed by atoms with van der Waals surface area (Å²) in [6, 6.07) is 7.42. The highest BCUT2D eigenvalue weighted by molar-refractivity contribution is 5.94. The molecular weight excluding hydrogens is 262 g/mol. The molecule has 0 aromatic heterocycles. The number of amides is 1. The van der Waals surface area contributed by atoms with E-state index in [1.807, 2.05) is 29.2 Å². The van der Waals surface area contributed by atoms with Crippen LogP contribution in [0.3, 0.4) is 0 Å². The Morgan fingerprint density at radius 1 is 1.33 bits per heavy atom. The SMILES string of the molecule is CC1(C)CCCN(C(=O)c2ccc(C#CCCO)cc2)C1. The lowest BCUT2D eigenvalue weighted by atomic mass is 9.84. The third-order valence-corrected chi connectivity index (χ3v) is 3.79. The molecule has 0 unspecified atom stereocenters. The minimum absolute atomic E-state index is 0.0777. The summed E-state index contributed by atoms with van der Waals surface area (Å²) in [5.41, 5.74) is 1.81. The van der Waals surface area contributed by atoms with Gasteiger partial charge in [-0.05, 0) is 42.5 Å². The Kier molecular flexibility index (Phi) is 5.03. The van der Waals surface area contributed by atoms with Crippen molar-refractivity contribution in [2.24, 2.45) is 5.41 Å². The molecule has 112 valence electrons. The smallest absolute Gasteiger partial charge is 0.253 e. The minimum Gasteiger partial charge on any atom is -0.395 e. The molecule has 1 N–H and O–H groups in total. The molecule has 1 aliphatic rings. The van der Waals surface area contributed by atoms with Crippen molar-refractivity contribution >= 4 is 5.91 Å². The van der Waals surface area contributed by atoms with Crippen LogP contribution in [0.4, 0.5) is 0 Å². The molecule has 1 saturated heterocycles. The predicted octanol–water partition coefficient (Wildman–Crippen LogP) is 2.68. The van der Waals surface area contributed by atoms with E-state index in [2.05, 4.69) is 25.7 Å². The maximum absolute atomic E-state index is 12.5. The third-order valence-electron chi connectivity index (χ3n) is 3.79. The molecular formula is C18H23NO2. The van der Waals surface area contributed by atoms with E-state index in [0.29, 0.717) is 6.42 Å². The largest absolute Gasteiger partial charge is 0.395 e. The standard InChI is InChI=1S/C18H23NO2/c1-18(2)11-5-12-19(14-18)17(21)16-9-7-15(8-10-16)6-3-4-13-20/h7-10,20H,4-5,11-14H2,1-2H3. The summed E-state index contributed by atoms with van der Waals surface area (Å²) in [6.45, 7) is 6.18. The summed E-state index contributed by atoms with van der Waals surface area (Å²) in [5.74, 6) is 5.96. The molecule has 1 amide bonds. The number of aliphatic hydroxyl groups is 1. The van der Waals surface area contributed by atoms with Gasteiger partial charge in [-0.2, -0.15) is 0 Å². The van der Waals surface area contributed by atoms with E-state index in [0.717, 1.165) is 30.6 Å². The Labute approximate surface area is 127 Å². The van der Waals surface area contributed by atoms with Gasteiger partial charge in [-0.25, -0.2) is 0 Å². The van der Waals surface area contributed by atoms with E-state index < -0.39 is 0 Å². The summed E-state index contributed by atoms with van der Waals surface area (Å²) in [6.07, 6.45) is 2.73. The van der Waals surface area contributed by atoms with Gasteiger partial charge in [0.15, 0.2) is 0 Å². The summed E-state index contributed by atoms with van der Waals surface area (Å²) < 4.78 is 0. The van der Waals surface area contributed by atoms with Crippen molar-refractivity contribution in [1.82, 2.24) is 4.90 Å². The van der Waals surface area contributed by atoms with E-state index in [-0.39, 0.29) is 17.9 Å². The molecule has 0 bridgehead atoms. The first kappa shape index (κ1) is 15.6. The normalized spacial score (nSPS) is 17.0. The number of hydrogen-bond acceptors (Lipinski definition) is 2. The monoisotopic (exact) mass is 285 g/mol. The van der Waals surface area contributed by atoms with Crippen LogP contribution in [0.25, 0.3) is 0 Å². The number of aliphatic hydroxyl groups excluding tert-OH is 1. The van der Waals surface area contributed by atoms with Crippen LogP contribution in [0.2, 0.25) is 0 Å². The Bertz CT molecular complexity index is 549. The van der Waals surface area contributed by atoms with Crippen molar-refractivity contribution in [1.29, 1.82) is 0 Å². The predicted molar refractivity (Wildman–Crippen MR) is 83.9 cm³/mol. The maximum atomic E-state index is 12.5. The molecule has 1 heterocycles. The number of hydrogen-bond donors (Lipinski definition) is 1. The molecule has 21 heavy (non-hydrogen) atoms. The first-order chi connectivity index (χ1) is 10.0. The van der Waals surface area contributed by atoms with E-state index in [9.17, 15) is 4.79 Å².